The minimum absolute atomic E-state index is 0.00961. The molecule has 26 heavy (non-hydrogen) atoms. The Hall–Kier alpha value is -2.04. The van der Waals surface area contributed by atoms with Crippen molar-refractivity contribution < 1.29 is 9.53 Å². The quantitative estimate of drug-likeness (QED) is 0.802. The van der Waals surface area contributed by atoms with Gasteiger partial charge in [0.25, 0.3) is 0 Å². The molecule has 1 aliphatic rings. The van der Waals surface area contributed by atoms with Crippen molar-refractivity contribution in [3.63, 3.8) is 0 Å². The SMILES string of the molecule is COc1ccccc1C(CNC(=O)C1CC1c1ccccc1Cl)N(C)C. The predicted octanol–water partition coefficient (Wildman–Crippen LogP) is 3.87. The van der Waals surface area contributed by atoms with Gasteiger partial charge in [0.1, 0.15) is 5.75 Å². The number of amides is 1. The summed E-state index contributed by atoms with van der Waals surface area (Å²) in [4.78, 5) is 14.7. The van der Waals surface area contributed by atoms with Crippen molar-refractivity contribution in [1.82, 2.24) is 10.2 Å². The number of methoxy groups -OCH3 is 1. The van der Waals surface area contributed by atoms with Crippen molar-refractivity contribution in [1.29, 1.82) is 0 Å². The van der Waals surface area contributed by atoms with E-state index in [0.717, 1.165) is 28.3 Å². The lowest BCUT2D eigenvalue weighted by Crippen LogP contribution is -2.35. The summed E-state index contributed by atoms with van der Waals surface area (Å²) in [7, 11) is 5.68. The van der Waals surface area contributed by atoms with E-state index in [1.807, 2.05) is 62.6 Å². The molecule has 5 heteroatoms. The highest BCUT2D eigenvalue weighted by Crippen LogP contribution is 2.49. The number of rotatable bonds is 7. The molecular weight excluding hydrogens is 348 g/mol. The molecular formula is C21H25ClN2O2. The minimum atomic E-state index is 0.00961. The molecule has 1 aliphatic carbocycles. The summed E-state index contributed by atoms with van der Waals surface area (Å²) < 4.78 is 5.48. The highest BCUT2D eigenvalue weighted by molar-refractivity contribution is 6.31. The molecule has 1 amide bonds. The summed E-state index contributed by atoms with van der Waals surface area (Å²) in [5.74, 6) is 1.17. The zero-order chi connectivity index (χ0) is 18.7. The molecule has 1 saturated carbocycles. The summed E-state index contributed by atoms with van der Waals surface area (Å²) in [6.07, 6.45) is 0.858. The fourth-order valence-electron chi connectivity index (χ4n) is 3.45. The third kappa shape index (κ3) is 4.02. The Morgan fingerprint density at radius 2 is 1.92 bits per heavy atom. The normalized spacial score (nSPS) is 19.9. The van der Waals surface area contributed by atoms with Gasteiger partial charge in [0.15, 0.2) is 0 Å². The van der Waals surface area contributed by atoms with Gasteiger partial charge in [-0.1, -0.05) is 48.0 Å². The molecule has 3 unspecified atom stereocenters. The number of para-hydroxylation sites is 1. The van der Waals surface area contributed by atoms with E-state index in [4.69, 9.17) is 16.3 Å². The maximum Gasteiger partial charge on any atom is 0.223 e. The monoisotopic (exact) mass is 372 g/mol. The summed E-state index contributed by atoms with van der Waals surface area (Å²) >= 11 is 6.26. The standard InChI is InChI=1S/C21H25ClN2O2/c1-24(2)19(15-9-5-7-11-20(15)26-3)13-23-21(25)17-12-16(17)14-8-4-6-10-18(14)22/h4-11,16-17,19H,12-13H2,1-3H3,(H,23,25). The second-order valence-electron chi connectivity index (χ2n) is 6.94. The second kappa shape index (κ2) is 8.11. The molecule has 1 fully saturated rings. The van der Waals surface area contributed by atoms with Crippen LogP contribution in [0.25, 0.3) is 0 Å². The van der Waals surface area contributed by atoms with Gasteiger partial charge >= 0.3 is 0 Å². The Morgan fingerprint density at radius 1 is 1.23 bits per heavy atom. The number of nitrogens with zero attached hydrogens (tertiary/aromatic N) is 1. The van der Waals surface area contributed by atoms with E-state index >= 15 is 0 Å². The van der Waals surface area contributed by atoms with E-state index in [2.05, 4.69) is 10.2 Å². The van der Waals surface area contributed by atoms with Crippen LogP contribution in [-0.4, -0.2) is 38.6 Å². The molecule has 0 spiro atoms. The second-order valence-corrected chi connectivity index (χ2v) is 7.34. The smallest absolute Gasteiger partial charge is 0.223 e. The lowest BCUT2D eigenvalue weighted by molar-refractivity contribution is -0.122. The number of ether oxygens (including phenoxy) is 1. The zero-order valence-corrected chi connectivity index (χ0v) is 16.2. The van der Waals surface area contributed by atoms with Gasteiger partial charge in [-0.05, 0) is 44.1 Å². The van der Waals surface area contributed by atoms with Crippen LogP contribution in [0, 0.1) is 5.92 Å². The van der Waals surface area contributed by atoms with E-state index < -0.39 is 0 Å². The average Bonchev–Trinajstić information content (AvgIpc) is 3.43. The van der Waals surface area contributed by atoms with Crippen LogP contribution in [0.1, 0.15) is 29.5 Å². The molecule has 0 saturated heterocycles. The molecule has 3 rings (SSSR count). The topological polar surface area (TPSA) is 41.6 Å². The van der Waals surface area contributed by atoms with Crippen LogP contribution in [0.4, 0.5) is 0 Å². The Morgan fingerprint density at radius 3 is 2.62 bits per heavy atom. The van der Waals surface area contributed by atoms with Crippen LogP contribution >= 0.6 is 11.6 Å². The maximum absolute atomic E-state index is 12.6. The number of hydrogen-bond donors (Lipinski definition) is 1. The summed E-state index contributed by atoms with van der Waals surface area (Å²) in [6, 6.07) is 15.8. The third-order valence-corrected chi connectivity index (χ3v) is 5.37. The van der Waals surface area contributed by atoms with Gasteiger partial charge in [-0.25, -0.2) is 0 Å². The highest BCUT2D eigenvalue weighted by Gasteiger charge is 2.44. The molecule has 0 heterocycles. The van der Waals surface area contributed by atoms with Crippen LogP contribution in [0.3, 0.4) is 0 Å². The largest absolute Gasteiger partial charge is 0.496 e. The van der Waals surface area contributed by atoms with Crippen LogP contribution < -0.4 is 10.1 Å². The van der Waals surface area contributed by atoms with Gasteiger partial charge in [0.05, 0.1) is 13.2 Å². The van der Waals surface area contributed by atoms with E-state index in [9.17, 15) is 4.79 Å². The number of hydrogen-bond acceptors (Lipinski definition) is 3. The number of carbonyl (C=O) groups is 1. The number of benzene rings is 2. The first kappa shape index (κ1) is 18.7. The van der Waals surface area contributed by atoms with Crippen LogP contribution in [0.2, 0.25) is 5.02 Å². The van der Waals surface area contributed by atoms with Crippen LogP contribution in [0.15, 0.2) is 48.5 Å². The lowest BCUT2D eigenvalue weighted by Gasteiger charge is -2.26. The van der Waals surface area contributed by atoms with E-state index in [0.29, 0.717) is 6.54 Å². The first-order valence-electron chi connectivity index (χ1n) is 8.84. The third-order valence-electron chi connectivity index (χ3n) is 5.02. The van der Waals surface area contributed by atoms with Gasteiger partial charge in [0.2, 0.25) is 5.91 Å². The van der Waals surface area contributed by atoms with Gasteiger partial charge < -0.3 is 15.0 Å². The van der Waals surface area contributed by atoms with Gasteiger partial charge in [-0.15, -0.1) is 0 Å². The maximum atomic E-state index is 12.6. The van der Waals surface area contributed by atoms with E-state index in [-0.39, 0.29) is 23.8 Å². The lowest BCUT2D eigenvalue weighted by atomic mass is 10.0. The van der Waals surface area contributed by atoms with Crippen LogP contribution in [-0.2, 0) is 4.79 Å². The number of halogens is 1. The fraction of sp³-hybridized carbons (Fsp3) is 0.381. The average molecular weight is 373 g/mol. The number of carbonyl (C=O) groups excluding carboxylic acids is 1. The molecule has 2 aromatic rings. The number of nitrogens with one attached hydrogen (secondary N) is 1. The molecule has 138 valence electrons. The molecule has 0 aromatic heterocycles. The van der Waals surface area contributed by atoms with Gasteiger partial charge in [-0.3, -0.25) is 4.79 Å². The molecule has 0 bridgehead atoms. The van der Waals surface area contributed by atoms with Crippen molar-refractivity contribution in [3.05, 3.63) is 64.7 Å². The first-order valence-corrected chi connectivity index (χ1v) is 9.22. The van der Waals surface area contributed by atoms with E-state index in [1.165, 1.54) is 0 Å². The summed E-state index contributed by atoms with van der Waals surface area (Å²) in [6.45, 7) is 0.540. The van der Waals surface area contributed by atoms with Crippen molar-refractivity contribution in [3.8, 4) is 5.75 Å². The molecule has 0 radical (unpaired) electrons. The molecule has 3 atom stereocenters. The summed E-state index contributed by atoms with van der Waals surface area (Å²) in [5, 5.41) is 3.86. The minimum Gasteiger partial charge on any atom is -0.496 e. The molecule has 2 aromatic carbocycles. The molecule has 4 nitrogen and oxygen atoms in total. The van der Waals surface area contributed by atoms with Gasteiger partial charge in [0, 0.05) is 23.0 Å². The Kier molecular flexibility index (Phi) is 5.84. The molecule has 0 aliphatic heterocycles. The van der Waals surface area contributed by atoms with Crippen molar-refractivity contribution >= 4 is 17.5 Å². The highest BCUT2D eigenvalue weighted by atomic mass is 35.5. The molecule has 1 N–H and O–H groups in total. The fourth-order valence-corrected chi connectivity index (χ4v) is 3.72. The zero-order valence-electron chi connectivity index (χ0n) is 15.4. The summed E-state index contributed by atoms with van der Waals surface area (Å²) in [5.41, 5.74) is 2.14. The van der Waals surface area contributed by atoms with Crippen LogP contribution in [0.5, 0.6) is 5.75 Å². The van der Waals surface area contributed by atoms with E-state index in [1.54, 1.807) is 7.11 Å². The van der Waals surface area contributed by atoms with Crippen molar-refractivity contribution in [2.45, 2.75) is 18.4 Å². The van der Waals surface area contributed by atoms with Gasteiger partial charge in [-0.2, -0.15) is 0 Å². The Balaban J connectivity index is 1.64. The number of likely N-dealkylation sites (N-methyl/N-ethyl adjacent to an activating group) is 1. The first-order chi connectivity index (χ1) is 12.5. The Bertz CT molecular complexity index is 778. The van der Waals surface area contributed by atoms with Crippen molar-refractivity contribution in [2.75, 3.05) is 27.7 Å². The van der Waals surface area contributed by atoms with Crippen molar-refractivity contribution in [2.24, 2.45) is 5.92 Å². The Labute approximate surface area is 160 Å². The predicted molar refractivity (Wildman–Crippen MR) is 105 cm³/mol.